The summed E-state index contributed by atoms with van der Waals surface area (Å²) in [7, 11) is 0. The summed E-state index contributed by atoms with van der Waals surface area (Å²) in [5.74, 6) is 0.527. The third-order valence-electron chi connectivity index (χ3n) is 4.87. The van der Waals surface area contributed by atoms with Crippen molar-refractivity contribution in [1.82, 2.24) is 10.2 Å². The molecule has 1 fully saturated rings. The Kier molecular flexibility index (Phi) is 5.36. The number of thiophene rings is 1. The van der Waals surface area contributed by atoms with Crippen molar-refractivity contribution in [3.8, 4) is 10.4 Å². The Morgan fingerprint density at radius 3 is 2.63 bits per heavy atom. The third kappa shape index (κ3) is 4.12. The Bertz CT molecular complexity index is 883. The Hall–Kier alpha value is -2.44. The van der Waals surface area contributed by atoms with Gasteiger partial charge in [0.05, 0.1) is 17.2 Å². The van der Waals surface area contributed by atoms with E-state index in [0.29, 0.717) is 11.4 Å². The summed E-state index contributed by atoms with van der Waals surface area (Å²) in [6.45, 7) is 2.56. The average Bonchev–Trinajstić information content (AvgIpc) is 3.44. The Labute approximate surface area is 161 Å². The van der Waals surface area contributed by atoms with Crippen LogP contribution in [-0.2, 0) is 0 Å². The molecule has 3 heterocycles. The lowest BCUT2D eigenvalue weighted by molar-refractivity contribution is 0.0938. The smallest absolute Gasteiger partial charge is 0.261 e. The van der Waals surface area contributed by atoms with Crippen LogP contribution in [0.3, 0.4) is 0 Å². The fraction of sp³-hybridized carbons (Fsp3) is 0.286. The molecule has 0 spiro atoms. The van der Waals surface area contributed by atoms with E-state index in [1.165, 1.54) is 36.3 Å². The first-order valence-electron chi connectivity index (χ1n) is 9.12. The minimum absolute atomic E-state index is 0.0583. The number of likely N-dealkylation sites (tertiary alicyclic amines) is 1. The van der Waals surface area contributed by atoms with Crippen LogP contribution in [0.5, 0.6) is 0 Å². The molecule has 0 aliphatic carbocycles. The van der Waals surface area contributed by atoms with E-state index < -0.39 is 0 Å². The summed E-state index contributed by atoms with van der Waals surface area (Å²) in [5.41, 5.74) is 0.908. The van der Waals surface area contributed by atoms with Crippen LogP contribution in [0.2, 0.25) is 0 Å². The van der Waals surface area contributed by atoms with E-state index in [1.54, 1.807) is 18.4 Å². The molecule has 1 N–H and O–H groups in total. The van der Waals surface area contributed by atoms with Gasteiger partial charge in [-0.25, -0.2) is 4.39 Å². The number of hydrogen-bond acceptors (Lipinski definition) is 4. The Balaban J connectivity index is 1.43. The van der Waals surface area contributed by atoms with Crippen molar-refractivity contribution < 1.29 is 13.6 Å². The molecule has 3 aromatic rings. The number of amides is 1. The van der Waals surface area contributed by atoms with E-state index in [1.807, 2.05) is 24.3 Å². The van der Waals surface area contributed by atoms with E-state index in [0.717, 1.165) is 29.3 Å². The van der Waals surface area contributed by atoms with Crippen molar-refractivity contribution in [2.24, 2.45) is 0 Å². The summed E-state index contributed by atoms with van der Waals surface area (Å²) in [6.07, 6.45) is 4.03. The van der Waals surface area contributed by atoms with Gasteiger partial charge < -0.3 is 9.73 Å². The van der Waals surface area contributed by atoms with Crippen molar-refractivity contribution >= 4 is 17.2 Å². The fourth-order valence-electron chi connectivity index (χ4n) is 3.45. The topological polar surface area (TPSA) is 45.5 Å². The highest BCUT2D eigenvalue weighted by atomic mass is 32.1. The molecule has 4 nitrogen and oxygen atoms in total. The maximum atomic E-state index is 13.1. The first kappa shape index (κ1) is 17.9. The number of rotatable bonds is 6. The molecule has 2 aromatic heterocycles. The van der Waals surface area contributed by atoms with E-state index in [2.05, 4.69) is 10.2 Å². The van der Waals surface area contributed by atoms with E-state index in [9.17, 15) is 9.18 Å². The predicted molar refractivity (Wildman–Crippen MR) is 104 cm³/mol. The van der Waals surface area contributed by atoms with Crippen molar-refractivity contribution in [3.63, 3.8) is 0 Å². The fourth-order valence-corrected chi connectivity index (χ4v) is 4.38. The number of halogens is 1. The summed E-state index contributed by atoms with van der Waals surface area (Å²) in [4.78, 5) is 16.6. The van der Waals surface area contributed by atoms with Gasteiger partial charge >= 0.3 is 0 Å². The first-order valence-corrected chi connectivity index (χ1v) is 9.94. The highest BCUT2D eigenvalue weighted by Crippen LogP contribution is 2.29. The highest BCUT2D eigenvalue weighted by Gasteiger charge is 2.26. The standard InChI is InChI=1S/C21H21FN2O2S/c22-16-7-5-15(6-8-16)19-9-10-20(27-19)21(25)23-14-17(18-4-3-13-26-18)24-11-1-2-12-24/h3-10,13,17H,1-2,11-12,14H2,(H,23,25)/t17-/m1/s1. The largest absolute Gasteiger partial charge is 0.468 e. The molecule has 1 aromatic carbocycles. The zero-order valence-electron chi connectivity index (χ0n) is 14.9. The maximum absolute atomic E-state index is 13.1. The number of hydrogen-bond donors (Lipinski definition) is 1. The Morgan fingerprint density at radius 2 is 1.93 bits per heavy atom. The molecule has 6 heteroatoms. The second kappa shape index (κ2) is 8.06. The van der Waals surface area contributed by atoms with Crippen molar-refractivity contribution in [2.75, 3.05) is 19.6 Å². The lowest BCUT2D eigenvalue weighted by Crippen LogP contribution is -2.36. The van der Waals surface area contributed by atoms with Crippen molar-refractivity contribution in [2.45, 2.75) is 18.9 Å². The van der Waals surface area contributed by atoms with Gasteiger partial charge in [-0.1, -0.05) is 12.1 Å². The summed E-state index contributed by atoms with van der Waals surface area (Å²) in [5, 5.41) is 3.05. The second-order valence-corrected chi connectivity index (χ2v) is 7.74. The molecule has 27 heavy (non-hydrogen) atoms. The first-order chi connectivity index (χ1) is 13.2. The molecule has 140 valence electrons. The van der Waals surface area contributed by atoms with Gasteiger partial charge in [-0.2, -0.15) is 0 Å². The van der Waals surface area contributed by atoms with Crippen LogP contribution in [0.25, 0.3) is 10.4 Å². The minimum atomic E-state index is -0.265. The Morgan fingerprint density at radius 1 is 1.15 bits per heavy atom. The van der Waals surface area contributed by atoms with Gasteiger partial charge in [-0.3, -0.25) is 9.69 Å². The lowest BCUT2D eigenvalue weighted by atomic mass is 10.2. The molecule has 1 saturated heterocycles. The minimum Gasteiger partial charge on any atom is -0.468 e. The monoisotopic (exact) mass is 384 g/mol. The van der Waals surface area contributed by atoms with Crippen LogP contribution >= 0.6 is 11.3 Å². The number of nitrogens with zero attached hydrogens (tertiary/aromatic N) is 1. The molecule has 4 rings (SSSR count). The van der Waals surface area contributed by atoms with Crippen LogP contribution in [0.4, 0.5) is 4.39 Å². The van der Waals surface area contributed by atoms with Crippen LogP contribution in [0.15, 0.2) is 59.2 Å². The van der Waals surface area contributed by atoms with Crippen molar-refractivity contribution in [1.29, 1.82) is 0 Å². The van der Waals surface area contributed by atoms with E-state index >= 15 is 0 Å². The molecule has 1 aliphatic heterocycles. The van der Waals surface area contributed by atoms with Gasteiger partial charge in [0.15, 0.2) is 0 Å². The molecular formula is C21H21FN2O2S. The predicted octanol–water partition coefficient (Wildman–Crippen LogP) is 4.71. The van der Waals surface area contributed by atoms with Crippen LogP contribution in [0.1, 0.15) is 34.3 Å². The summed E-state index contributed by atoms with van der Waals surface area (Å²) < 4.78 is 18.7. The summed E-state index contributed by atoms with van der Waals surface area (Å²) in [6, 6.07) is 13.9. The molecule has 0 radical (unpaired) electrons. The van der Waals surface area contributed by atoms with Gasteiger partial charge in [0.1, 0.15) is 11.6 Å². The van der Waals surface area contributed by atoms with Gasteiger partial charge in [-0.05, 0) is 67.9 Å². The molecule has 0 unspecified atom stereocenters. The zero-order chi connectivity index (χ0) is 18.6. The van der Waals surface area contributed by atoms with Gasteiger partial charge in [0, 0.05) is 11.4 Å². The number of carbonyl (C=O) groups excluding carboxylic acids is 1. The van der Waals surface area contributed by atoms with E-state index in [-0.39, 0.29) is 17.8 Å². The molecular weight excluding hydrogens is 363 g/mol. The van der Waals surface area contributed by atoms with Gasteiger partial charge in [-0.15, -0.1) is 11.3 Å². The number of nitrogens with one attached hydrogen (secondary N) is 1. The quantitative estimate of drug-likeness (QED) is 0.669. The lowest BCUT2D eigenvalue weighted by Gasteiger charge is -2.25. The highest BCUT2D eigenvalue weighted by molar-refractivity contribution is 7.17. The average molecular weight is 384 g/mol. The molecule has 1 amide bonds. The maximum Gasteiger partial charge on any atom is 0.261 e. The zero-order valence-corrected chi connectivity index (χ0v) is 15.7. The molecule has 1 aliphatic rings. The third-order valence-corrected chi connectivity index (χ3v) is 6.00. The molecule has 0 bridgehead atoms. The van der Waals surface area contributed by atoms with E-state index in [4.69, 9.17) is 4.42 Å². The van der Waals surface area contributed by atoms with Crippen LogP contribution in [0, 0.1) is 5.82 Å². The molecule has 1 atom stereocenters. The normalized spacial score (nSPS) is 15.7. The second-order valence-electron chi connectivity index (χ2n) is 6.66. The van der Waals surface area contributed by atoms with Crippen LogP contribution < -0.4 is 5.32 Å². The van der Waals surface area contributed by atoms with Crippen molar-refractivity contribution in [3.05, 3.63) is 71.2 Å². The van der Waals surface area contributed by atoms with Gasteiger partial charge in [0.2, 0.25) is 0 Å². The SMILES string of the molecule is O=C(NC[C@H](c1ccco1)N1CCCC1)c1ccc(-c2ccc(F)cc2)s1. The number of furan rings is 1. The summed E-state index contributed by atoms with van der Waals surface area (Å²) >= 11 is 1.41. The number of carbonyl (C=O) groups is 1. The van der Waals surface area contributed by atoms with Gasteiger partial charge in [0.25, 0.3) is 5.91 Å². The number of benzene rings is 1. The molecule has 0 saturated carbocycles. The van der Waals surface area contributed by atoms with Crippen LogP contribution in [-0.4, -0.2) is 30.4 Å².